The van der Waals surface area contributed by atoms with Crippen molar-refractivity contribution >= 4 is 11.4 Å². The van der Waals surface area contributed by atoms with Crippen LogP contribution in [0.2, 0.25) is 0 Å². The van der Waals surface area contributed by atoms with Crippen LogP contribution in [0, 0.1) is 13.8 Å². The molecule has 1 aromatic carbocycles. The van der Waals surface area contributed by atoms with Crippen LogP contribution in [-0.4, -0.2) is 19.1 Å². The topological polar surface area (TPSA) is 28.2 Å². The first-order valence-electron chi connectivity index (χ1n) is 6.48. The van der Waals surface area contributed by atoms with Crippen molar-refractivity contribution in [2.75, 3.05) is 24.3 Å². The smallest absolute Gasteiger partial charge is 0.0416 e. The molecule has 0 bridgehead atoms. The van der Waals surface area contributed by atoms with E-state index in [1.807, 2.05) is 12.4 Å². The Morgan fingerprint density at radius 2 is 1.89 bits per heavy atom. The van der Waals surface area contributed by atoms with E-state index < -0.39 is 0 Å². The Hall–Kier alpha value is -2.03. The molecule has 0 unspecified atom stereocenters. The van der Waals surface area contributed by atoms with E-state index in [1.54, 1.807) is 0 Å². The molecule has 0 aliphatic heterocycles. The minimum atomic E-state index is 0.796. The fraction of sp³-hybridized carbons (Fsp3) is 0.312. The van der Waals surface area contributed by atoms with Gasteiger partial charge in [0.15, 0.2) is 0 Å². The Kier molecular flexibility index (Phi) is 4.05. The number of benzene rings is 1. The summed E-state index contributed by atoms with van der Waals surface area (Å²) >= 11 is 0. The number of rotatable bonds is 4. The Morgan fingerprint density at radius 3 is 2.58 bits per heavy atom. The lowest BCUT2D eigenvalue weighted by Gasteiger charge is -2.17. The normalized spacial score (nSPS) is 10.3. The minimum absolute atomic E-state index is 0.796. The molecule has 3 heteroatoms. The van der Waals surface area contributed by atoms with E-state index in [4.69, 9.17) is 0 Å². The molecule has 0 saturated heterocycles. The number of pyridine rings is 1. The van der Waals surface area contributed by atoms with Crippen molar-refractivity contribution in [2.45, 2.75) is 20.4 Å². The van der Waals surface area contributed by atoms with Crippen LogP contribution in [0.1, 0.15) is 16.7 Å². The molecule has 3 nitrogen and oxygen atoms in total. The zero-order valence-electron chi connectivity index (χ0n) is 12.1. The second kappa shape index (κ2) is 5.74. The van der Waals surface area contributed by atoms with E-state index in [0.29, 0.717) is 0 Å². The molecule has 2 rings (SSSR count). The maximum Gasteiger partial charge on any atom is 0.0416 e. The molecule has 0 atom stereocenters. The molecule has 0 saturated carbocycles. The Morgan fingerprint density at radius 1 is 1.11 bits per heavy atom. The van der Waals surface area contributed by atoms with Gasteiger partial charge in [0, 0.05) is 44.4 Å². The second-order valence-corrected chi connectivity index (χ2v) is 5.12. The summed E-state index contributed by atoms with van der Waals surface area (Å²) in [7, 11) is 4.13. The first-order chi connectivity index (χ1) is 9.06. The molecule has 0 radical (unpaired) electrons. The molecule has 1 N–H and O–H groups in total. The number of hydrogen-bond donors (Lipinski definition) is 1. The number of nitrogens with zero attached hydrogens (tertiary/aromatic N) is 2. The van der Waals surface area contributed by atoms with E-state index >= 15 is 0 Å². The predicted octanol–water partition coefficient (Wildman–Crippen LogP) is 3.38. The van der Waals surface area contributed by atoms with Crippen LogP contribution in [0.25, 0.3) is 0 Å². The van der Waals surface area contributed by atoms with Gasteiger partial charge >= 0.3 is 0 Å². The van der Waals surface area contributed by atoms with Crippen LogP contribution in [0.5, 0.6) is 0 Å². The van der Waals surface area contributed by atoms with E-state index in [9.17, 15) is 0 Å². The number of aromatic nitrogens is 1. The van der Waals surface area contributed by atoms with Gasteiger partial charge in [0.2, 0.25) is 0 Å². The van der Waals surface area contributed by atoms with Crippen LogP contribution in [0.4, 0.5) is 11.4 Å². The third-order valence-electron chi connectivity index (χ3n) is 3.12. The van der Waals surface area contributed by atoms with Crippen LogP contribution < -0.4 is 10.2 Å². The van der Waals surface area contributed by atoms with E-state index in [-0.39, 0.29) is 0 Å². The summed E-state index contributed by atoms with van der Waals surface area (Å²) in [6.07, 6.45) is 3.78. The van der Waals surface area contributed by atoms with E-state index in [1.165, 1.54) is 22.4 Å². The molecule has 0 aliphatic carbocycles. The second-order valence-electron chi connectivity index (χ2n) is 5.12. The summed E-state index contributed by atoms with van der Waals surface area (Å²) in [6.45, 7) is 4.99. The summed E-state index contributed by atoms with van der Waals surface area (Å²) < 4.78 is 0. The maximum atomic E-state index is 4.21. The Bertz CT molecular complexity index is 562. The summed E-state index contributed by atoms with van der Waals surface area (Å²) in [4.78, 5) is 6.34. The average Bonchev–Trinajstić information content (AvgIpc) is 2.37. The zero-order valence-corrected chi connectivity index (χ0v) is 12.1. The first-order valence-corrected chi connectivity index (χ1v) is 6.48. The van der Waals surface area contributed by atoms with Gasteiger partial charge in [-0.25, -0.2) is 0 Å². The molecule has 1 heterocycles. The lowest BCUT2D eigenvalue weighted by Crippen LogP contribution is -2.11. The van der Waals surface area contributed by atoms with Crippen LogP contribution in [0.3, 0.4) is 0 Å². The van der Waals surface area contributed by atoms with Gasteiger partial charge in [0.05, 0.1) is 0 Å². The van der Waals surface area contributed by atoms with Crippen LogP contribution in [-0.2, 0) is 6.54 Å². The third kappa shape index (κ3) is 3.47. The monoisotopic (exact) mass is 255 g/mol. The van der Waals surface area contributed by atoms with E-state index in [2.05, 4.69) is 67.4 Å². The molecule has 1 aromatic heterocycles. The van der Waals surface area contributed by atoms with Crippen molar-refractivity contribution in [1.29, 1.82) is 0 Å². The van der Waals surface area contributed by atoms with Gasteiger partial charge in [0.1, 0.15) is 0 Å². The lowest BCUT2D eigenvalue weighted by atomic mass is 10.1. The van der Waals surface area contributed by atoms with Crippen molar-refractivity contribution in [2.24, 2.45) is 0 Å². The first kappa shape index (κ1) is 13.4. The molecular formula is C16H21N3. The van der Waals surface area contributed by atoms with Gasteiger partial charge in [-0.05, 0) is 42.7 Å². The molecule has 0 aliphatic rings. The molecule has 100 valence electrons. The molecule has 19 heavy (non-hydrogen) atoms. The molecule has 2 aromatic rings. The quantitative estimate of drug-likeness (QED) is 0.907. The number of aryl methyl sites for hydroxylation is 2. The molecular weight excluding hydrogens is 234 g/mol. The molecule has 0 fully saturated rings. The number of anilines is 2. The zero-order chi connectivity index (χ0) is 13.8. The summed E-state index contributed by atoms with van der Waals surface area (Å²) in [5, 5.41) is 3.44. The SMILES string of the molecule is Cc1cncc(CNc2ccc(C)c(N(C)C)c2)c1. The van der Waals surface area contributed by atoms with Gasteiger partial charge in [0.25, 0.3) is 0 Å². The van der Waals surface area contributed by atoms with Gasteiger partial charge in [-0.15, -0.1) is 0 Å². The van der Waals surface area contributed by atoms with Crippen molar-refractivity contribution in [3.63, 3.8) is 0 Å². The fourth-order valence-corrected chi connectivity index (χ4v) is 2.12. The maximum absolute atomic E-state index is 4.21. The van der Waals surface area contributed by atoms with Crippen molar-refractivity contribution < 1.29 is 0 Å². The largest absolute Gasteiger partial charge is 0.381 e. The summed E-state index contributed by atoms with van der Waals surface area (Å²) in [5.41, 5.74) is 6.06. The van der Waals surface area contributed by atoms with Crippen molar-refractivity contribution in [1.82, 2.24) is 4.98 Å². The minimum Gasteiger partial charge on any atom is -0.381 e. The number of hydrogen-bond acceptors (Lipinski definition) is 3. The fourth-order valence-electron chi connectivity index (χ4n) is 2.12. The molecule has 0 spiro atoms. The van der Waals surface area contributed by atoms with Crippen LogP contribution >= 0.6 is 0 Å². The highest BCUT2D eigenvalue weighted by atomic mass is 15.1. The summed E-state index contributed by atoms with van der Waals surface area (Å²) in [6, 6.07) is 8.59. The molecule has 0 amide bonds. The lowest BCUT2D eigenvalue weighted by molar-refractivity contribution is 1.09. The predicted molar refractivity (Wildman–Crippen MR) is 81.8 cm³/mol. The highest BCUT2D eigenvalue weighted by molar-refractivity contribution is 5.61. The number of nitrogens with one attached hydrogen (secondary N) is 1. The Labute approximate surface area is 115 Å². The van der Waals surface area contributed by atoms with Gasteiger partial charge in [-0.3, -0.25) is 4.98 Å². The van der Waals surface area contributed by atoms with Crippen molar-refractivity contribution in [3.05, 3.63) is 53.3 Å². The van der Waals surface area contributed by atoms with E-state index in [0.717, 1.165) is 12.2 Å². The van der Waals surface area contributed by atoms with Gasteiger partial charge in [-0.2, -0.15) is 0 Å². The highest BCUT2D eigenvalue weighted by Gasteiger charge is 2.02. The third-order valence-corrected chi connectivity index (χ3v) is 3.12. The highest BCUT2D eigenvalue weighted by Crippen LogP contribution is 2.22. The van der Waals surface area contributed by atoms with Crippen molar-refractivity contribution in [3.8, 4) is 0 Å². The average molecular weight is 255 g/mol. The van der Waals surface area contributed by atoms with Gasteiger partial charge < -0.3 is 10.2 Å². The standard InChI is InChI=1S/C16H21N3/c1-12-7-14(10-17-9-12)11-18-15-6-5-13(2)16(8-15)19(3)4/h5-10,18H,11H2,1-4H3. The van der Waals surface area contributed by atoms with Gasteiger partial charge in [-0.1, -0.05) is 12.1 Å². The Balaban J connectivity index is 2.09. The summed E-state index contributed by atoms with van der Waals surface area (Å²) in [5.74, 6) is 0. The van der Waals surface area contributed by atoms with Crippen LogP contribution in [0.15, 0.2) is 36.7 Å².